The standard InChI is InChI=1S/C9H11BrN2/c10-9-2-1-7(6-12-9)8-3-4-11-5-8/h1-2,6,8,11H,3-5H2/t8-/m0/s1. The second-order valence-corrected chi connectivity index (χ2v) is 3.92. The van der Waals surface area contributed by atoms with Crippen molar-refractivity contribution in [2.45, 2.75) is 12.3 Å². The predicted octanol–water partition coefficient (Wildman–Crippen LogP) is 1.92. The summed E-state index contributed by atoms with van der Waals surface area (Å²) in [6.07, 6.45) is 3.20. The number of rotatable bonds is 1. The van der Waals surface area contributed by atoms with Crippen LogP contribution in [0.25, 0.3) is 0 Å². The van der Waals surface area contributed by atoms with Gasteiger partial charge in [-0.15, -0.1) is 0 Å². The fourth-order valence-corrected chi connectivity index (χ4v) is 1.80. The van der Waals surface area contributed by atoms with Crippen molar-refractivity contribution in [3.8, 4) is 0 Å². The molecule has 0 amide bonds. The van der Waals surface area contributed by atoms with Crippen LogP contribution in [0.4, 0.5) is 0 Å². The Hall–Kier alpha value is -0.410. The smallest absolute Gasteiger partial charge is 0.106 e. The molecule has 2 nitrogen and oxygen atoms in total. The Morgan fingerprint density at radius 1 is 1.50 bits per heavy atom. The highest BCUT2D eigenvalue weighted by molar-refractivity contribution is 9.10. The highest BCUT2D eigenvalue weighted by Gasteiger charge is 2.16. The Labute approximate surface area is 80.5 Å². The van der Waals surface area contributed by atoms with E-state index in [0.29, 0.717) is 5.92 Å². The number of aromatic nitrogens is 1. The van der Waals surface area contributed by atoms with Crippen LogP contribution >= 0.6 is 15.9 Å². The van der Waals surface area contributed by atoms with Gasteiger partial charge in [0.1, 0.15) is 4.60 Å². The summed E-state index contributed by atoms with van der Waals surface area (Å²) in [5, 5.41) is 3.35. The van der Waals surface area contributed by atoms with E-state index in [-0.39, 0.29) is 0 Å². The molecular weight excluding hydrogens is 216 g/mol. The SMILES string of the molecule is Brc1ccc([C@H]2CCNC2)cn1. The van der Waals surface area contributed by atoms with E-state index in [1.807, 2.05) is 12.3 Å². The first kappa shape index (κ1) is 8.20. The third kappa shape index (κ3) is 1.67. The lowest BCUT2D eigenvalue weighted by atomic mass is 10.0. The first-order valence-corrected chi connectivity index (χ1v) is 4.98. The van der Waals surface area contributed by atoms with Crippen molar-refractivity contribution in [3.05, 3.63) is 28.5 Å². The van der Waals surface area contributed by atoms with E-state index in [4.69, 9.17) is 0 Å². The minimum atomic E-state index is 0.672. The van der Waals surface area contributed by atoms with Gasteiger partial charge >= 0.3 is 0 Å². The largest absolute Gasteiger partial charge is 0.316 e. The van der Waals surface area contributed by atoms with Crippen molar-refractivity contribution in [2.75, 3.05) is 13.1 Å². The van der Waals surface area contributed by atoms with E-state index < -0.39 is 0 Å². The van der Waals surface area contributed by atoms with Gasteiger partial charge in [-0.2, -0.15) is 0 Å². The molecule has 2 heterocycles. The molecule has 1 N–H and O–H groups in total. The van der Waals surface area contributed by atoms with Gasteiger partial charge in [0.25, 0.3) is 0 Å². The van der Waals surface area contributed by atoms with E-state index in [0.717, 1.165) is 17.7 Å². The lowest BCUT2D eigenvalue weighted by molar-refractivity contribution is 0.758. The molecule has 0 spiro atoms. The summed E-state index contributed by atoms with van der Waals surface area (Å²) in [4.78, 5) is 4.21. The minimum absolute atomic E-state index is 0.672. The molecule has 0 aliphatic carbocycles. The molecule has 0 bridgehead atoms. The number of pyridine rings is 1. The molecule has 1 fully saturated rings. The van der Waals surface area contributed by atoms with Crippen LogP contribution in [-0.2, 0) is 0 Å². The van der Waals surface area contributed by atoms with Crippen LogP contribution in [0.3, 0.4) is 0 Å². The van der Waals surface area contributed by atoms with E-state index >= 15 is 0 Å². The second-order valence-electron chi connectivity index (χ2n) is 3.10. The van der Waals surface area contributed by atoms with Gasteiger partial charge < -0.3 is 5.32 Å². The van der Waals surface area contributed by atoms with Crippen molar-refractivity contribution >= 4 is 15.9 Å². The molecular formula is C9H11BrN2. The second kappa shape index (κ2) is 3.54. The summed E-state index contributed by atoms with van der Waals surface area (Å²) < 4.78 is 0.914. The highest BCUT2D eigenvalue weighted by Crippen LogP contribution is 2.21. The van der Waals surface area contributed by atoms with Crippen molar-refractivity contribution < 1.29 is 0 Å². The monoisotopic (exact) mass is 226 g/mol. The topological polar surface area (TPSA) is 24.9 Å². The van der Waals surface area contributed by atoms with Crippen LogP contribution in [0.5, 0.6) is 0 Å². The van der Waals surface area contributed by atoms with Gasteiger partial charge in [0, 0.05) is 12.7 Å². The third-order valence-corrected chi connectivity index (χ3v) is 2.75. The number of halogens is 1. The molecule has 1 saturated heterocycles. The molecule has 12 heavy (non-hydrogen) atoms. The van der Waals surface area contributed by atoms with E-state index in [1.165, 1.54) is 12.0 Å². The molecule has 0 radical (unpaired) electrons. The van der Waals surface area contributed by atoms with Gasteiger partial charge in [0.15, 0.2) is 0 Å². The van der Waals surface area contributed by atoms with Crippen molar-refractivity contribution in [1.29, 1.82) is 0 Å². The van der Waals surface area contributed by atoms with Gasteiger partial charge in [-0.1, -0.05) is 6.07 Å². The number of nitrogens with one attached hydrogen (secondary N) is 1. The Bertz CT molecular complexity index is 252. The van der Waals surface area contributed by atoms with Gasteiger partial charge in [0.2, 0.25) is 0 Å². The fraction of sp³-hybridized carbons (Fsp3) is 0.444. The van der Waals surface area contributed by atoms with Gasteiger partial charge in [-0.25, -0.2) is 4.98 Å². The maximum Gasteiger partial charge on any atom is 0.106 e. The summed E-state index contributed by atoms with van der Waals surface area (Å²) in [5.41, 5.74) is 1.35. The molecule has 1 aliphatic rings. The van der Waals surface area contributed by atoms with Crippen LogP contribution in [0.2, 0.25) is 0 Å². The third-order valence-electron chi connectivity index (χ3n) is 2.28. The molecule has 1 aliphatic heterocycles. The number of hydrogen-bond donors (Lipinski definition) is 1. The molecule has 0 aromatic carbocycles. The van der Waals surface area contributed by atoms with Crippen LogP contribution in [0.15, 0.2) is 22.9 Å². The quantitative estimate of drug-likeness (QED) is 0.741. The Kier molecular flexibility index (Phi) is 2.42. The number of hydrogen-bond acceptors (Lipinski definition) is 2. The van der Waals surface area contributed by atoms with Crippen LogP contribution in [-0.4, -0.2) is 18.1 Å². The van der Waals surface area contributed by atoms with Crippen LogP contribution in [0.1, 0.15) is 17.9 Å². The highest BCUT2D eigenvalue weighted by atomic mass is 79.9. The predicted molar refractivity (Wildman–Crippen MR) is 52.2 cm³/mol. The zero-order chi connectivity index (χ0) is 8.39. The van der Waals surface area contributed by atoms with E-state index in [2.05, 4.69) is 32.3 Å². The Balaban J connectivity index is 2.17. The Morgan fingerprint density at radius 2 is 2.42 bits per heavy atom. The maximum atomic E-state index is 4.21. The summed E-state index contributed by atoms with van der Waals surface area (Å²) in [5.74, 6) is 0.672. The summed E-state index contributed by atoms with van der Waals surface area (Å²) in [6, 6.07) is 4.16. The lowest BCUT2D eigenvalue weighted by Gasteiger charge is -2.06. The molecule has 2 rings (SSSR count). The molecule has 1 aromatic heterocycles. The van der Waals surface area contributed by atoms with Gasteiger partial charge in [-0.05, 0) is 46.4 Å². The number of nitrogens with zero attached hydrogens (tertiary/aromatic N) is 1. The van der Waals surface area contributed by atoms with Gasteiger partial charge in [-0.3, -0.25) is 0 Å². The normalized spacial score (nSPS) is 22.9. The summed E-state index contributed by atoms with van der Waals surface area (Å²) >= 11 is 3.33. The first-order chi connectivity index (χ1) is 5.86. The zero-order valence-electron chi connectivity index (χ0n) is 6.76. The summed E-state index contributed by atoms with van der Waals surface area (Å²) in [7, 11) is 0. The van der Waals surface area contributed by atoms with Gasteiger partial charge in [0.05, 0.1) is 0 Å². The molecule has 1 aromatic rings. The van der Waals surface area contributed by atoms with Crippen LogP contribution < -0.4 is 5.32 Å². The molecule has 3 heteroatoms. The minimum Gasteiger partial charge on any atom is -0.316 e. The van der Waals surface area contributed by atoms with E-state index in [1.54, 1.807) is 0 Å². The fourth-order valence-electron chi connectivity index (χ4n) is 1.57. The first-order valence-electron chi connectivity index (χ1n) is 4.18. The lowest BCUT2D eigenvalue weighted by Crippen LogP contribution is -2.07. The van der Waals surface area contributed by atoms with Crippen molar-refractivity contribution in [3.63, 3.8) is 0 Å². The molecule has 0 unspecified atom stereocenters. The van der Waals surface area contributed by atoms with Crippen LogP contribution in [0, 0.1) is 0 Å². The average molecular weight is 227 g/mol. The molecule has 0 saturated carbocycles. The molecule has 64 valence electrons. The summed E-state index contributed by atoms with van der Waals surface area (Å²) in [6.45, 7) is 2.24. The molecule has 1 atom stereocenters. The van der Waals surface area contributed by atoms with Crippen molar-refractivity contribution in [2.24, 2.45) is 0 Å². The zero-order valence-corrected chi connectivity index (χ0v) is 8.34. The Morgan fingerprint density at radius 3 is 3.00 bits per heavy atom. The van der Waals surface area contributed by atoms with Crippen molar-refractivity contribution in [1.82, 2.24) is 10.3 Å². The average Bonchev–Trinajstić information content (AvgIpc) is 2.58. The van der Waals surface area contributed by atoms with E-state index in [9.17, 15) is 0 Å². The maximum absolute atomic E-state index is 4.21.